The van der Waals surface area contributed by atoms with E-state index in [9.17, 15) is 13.2 Å². The fourth-order valence-corrected chi connectivity index (χ4v) is 2.03. The minimum atomic E-state index is -3.40. The predicted molar refractivity (Wildman–Crippen MR) is 53.4 cm³/mol. The van der Waals surface area contributed by atoms with E-state index in [4.69, 9.17) is 4.74 Å². The van der Waals surface area contributed by atoms with E-state index in [-0.39, 0.29) is 24.2 Å². The molecule has 0 aromatic heterocycles. The van der Waals surface area contributed by atoms with Crippen molar-refractivity contribution in [2.24, 2.45) is 5.92 Å². The Labute approximate surface area is 89.2 Å². The molecule has 0 atom stereocenters. The first-order valence-corrected chi connectivity index (χ1v) is 6.24. The van der Waals surface area contributed by atoms with E-state index in [0.29, 0.717) is 12.0 Å². The summed E-state index contributed by atoms with van der Waals surface area (Å²) < 4.78 is 31.1. The molecule has 0 spiro atoms. The minimum absolute atomic E-state index is 0.105. The number of hydrogen-bond donors (Lipinski definition) is 0. The molecule has 15 heavy (non-hydrogen) atoms. The first kappa shape index (κ1) is 12.0. The molecule has 5 nitrogen and oxygen atoms in total. The summed E-state index contributed by atoms with van der Waals surface area (Å²) in [5.74, 6) is -0.549. The average Bonchev–Trinajstić information content (AvgIpc) is 2.45. The molecule has 0 fully saturated rings. The van der Waals surface area contributed by atoms with Crippen LogP contribution in [-0.4, -0.2) is 26.7 Å². The number of esters is 1. The van der Waals surface area contributed by atoms with Crippen molar-refractivity contribution >= 4 is 16.1 Å². The zero-order valence-corrected chi connectivity index (χ0v) is 9.54. The molecular formula is C9H14O5S. The van der Waals surface area contributed by atoms with Crippen molar-refractivity contribution in [2.75, 3.05) is 12.4 Å². The van der Waals surface area contributed by atoms with Gasteiger partial charge in [0, 0.05) is 6.42 Å². The Kier molecular flexibility index (Phi) is 3.73. The Morgan fingerprint density at radius 3 is 2.73 bits per heavy atom. The molecule has 0 saturated carbocycles. The van der Waals surface area contributed by atoms with Crippen molar-refractivity contribution in [3.8, 4) is 0 Å². The van der Waals surface area contributed by atoms with Gasteiger partial charge >= 0.3 is 16.1 Å². The Morgan fingerprint density at radius 2 is 2.27 bits per heavy atom. The highest BCUT2D eigenvalue weighted by Crippen LogP contribution is 2.16. The second-order valence-electron chi connectivity index (χ2n) is 3.65. The molecule has 6 heteroatoms. The second kappa shape index (κ2) is 4.65. The summed E-state index contributed by atoms with van der Waals surface area (Å²) in [5, 5.41) is 0. The zero-order chi connectivity index (χ0) is 11.5. The van der Waals surface area contributed by atoms with Gasteiger partial charge in [-0.2, -0.15) is 8.42 Å². The topological polar surface area (TPSA) is 69.7 Å². The lowest BCUT2D eigenvalue weighted by molar-refractivity contribution is -0.147. The van der Waals surface area contributed by atoms with Crippen LogP contribution in [0.4, 0.5) is 0 Å². The molecule has 0 aliphatic carbocycles. The molecule has 0 unspecified atom stereocenters. The van der Waals surface area contributed by atoms with E-state index in [1.165, 1.54) is 6.26 Å². The van der Waals surface area contributed by atoms with Gasteiger partial charge in [0.05, 0.1) is 12.5 Å². The van der Waals surface area contributed by atoms with E-state index >= 15 is 0 Å². The lowest BCUT2D eigenvalue weighted by Gasteiger charge is -2.06. The van der Waals surface area contributed by atoms with Crippen LogP contribution in [-0.2, 0) is 23.8 Å². The number of ether oxygens (including phenoxy) is 1. The smallest absolute Gasteiger partial charge is 0.312 e. The van der Waals surface area contributed by atoms with Crippen LogP contribution in [0.25, 0.3) is 0 Å². The van der Waals surface area contributed by atoms with Crippen molar-refractivity contribution in [1.82, 2.24) is 0 Å². The first-order valence-electron chi connectivity index (χ1n) is 4.66. The minimum Gasteiger partial charge on any atom is -0.465 e. The average molecular weight is 234 g/mol. The third-order valence-electron chi connectivity index (χ3n) is 1.86. The van der Waals surface area contributed by atoms with E-state index in [1.54, 1.807) is 13.8 Å². The van der Waals surface area contributed by atoms with Gasteiger partial charge in [-0.05, 0) is 5.57 Å². The Morgan fingerprint density at radius 1 is 1.60 bits per heavy atom. The standard InChI is InChI=1S/C9H14O5S/c1-7(2)9(10)13-4-3-8-5-14-15(11,12)6-8/h5,7H,3-4,6H2,1-2H3. The number of carbonyl (C=O) groups is 1. The highest BCUT2D eigenvalue weighted by Gasteiger charge is 2.21. The summed E-state index contributed by atoms with van der Waals surface area (Å²) in [6, 6.07) is 0. The van der Waals surface area contributed by atoms with E-state index in [2.05, 4.69) is 4.18 Å². The number of carbonyl (C=O) groups excluding carboxylic acids is 1. The van der Waals surface area contributed by atoms with E-state index in [1.807, 2.05) is 0 Å². The maximum atomic E-state index is 11.1. The summed E-state index contributed by atoms with van der Waals surface area (Å²) in [6.07, 6.45) is 1.61. The largest absolute Gasteiger partial charge is 0.465 e. The molecule has 1 rings (SSSR count). The summed E-state index contributed by atoms with van der Waals surface area (Å²) in [4.78, 5) is 11.1. The van der Waals surface area contributed by atoms with Gasteiger partial charge in [0.25, 0.3) is 0 Å². The van der Waals surface area contributed by atoms with Gasteiger partial charge in [-0.15, -0.1) is 0 Å². The molecule has 1 heterocycles. The Bertz CT molecular complexity index is 366. The molecule has 0 aromatic rings. The molecular weight excluding hydrogens is 220 g/mol. The number of rotatable bonds is 4. The lowest BCUT2D eigenvalue weighted by Crippen LogP contribution is -2.13. The number of hydrogen-bond acceptors (Lipinski definition) is 5. The van der Waals surface area contributed by atoms with Crippen LogP contribution >= 0.6 is 0 Å². The van der Waals surface area contributed by atoms with Gasteiger partial charge in [0.15, 0.2) is 0 Å². The maximum absolute atomic E-state index is 11.1. The highest BCUT2D eigenvalue weighted by molar-refractivity contribution is 7.87. The van der Waals surface area contributed by atoms with Crippen LogP contribution < -0.4 is 0 Å². The molecule has 86 valence electrons. The van der Waals surface area contributed by atoms with Crippen molar-refractivity contribution in [1.29, 1.82) is 0 Å². The van der Waals surface area contributed by atoms with Crippen molar-refractivity contribution in [2.45, 2.75) is 20.3 Å². The van der Waals surface area contributed by atoms with Crippen LogP contribution in [0.1, 0.15) is 20.3 Å². The highest BCUT2D eigenvalue weighted by atomic mass is 32.2. The summed E-state index contributed by atoms with van der Waals surface area (Å²) in [6.45, 7) is 3.68. The lowest BCUT2D eigenvalue weighted by atomic mass is 10.2. The second-order valence-corrected chi connectivity index (χ2v) is 5.24. The van der Waals surface area contributed by atoms with Crippen LogP contribution in [0.2, 0.25) is 0 Å². The summed E-state index contributed by atoms with van der Waals surface area (Å²) in [5.41, 5.74) is 0.631. The normalized spacial score (nSPS) is 18.5. The first-order chi connectivity index (χ1) is 6.91. The third kappa shape index (κ3) is 3.91. The zero-order valence-electron chi connectivity index (χ0n) is 8.73. The molecule has 0 saturated heterocycles. The van der Waals surface area contributed by atoms with Gasteiger partial charge in [0.1, 0.15) is 12.0 Å². The SMILES string of the molecule is CC(C)C(=O)OCCC1=COS(=O)(=O)C1. The molecule has 0 N–H and O–H groups in total. The van der Waals surface area contributed by atoms with Crippen LogP contribution in [0, 0.1) is 5.92 Å². The van der Waals surface area contributed by atoms with Crippen molar-refractivity contribution in [3.05, 3.63) is 11.8 Å². The summed E-state index contributed by atoms with van der Waals surface area (Å²) in [7, 11) is -3.40. The quantitative estimate of drug-likeness (QED) is 0.532. The van der Waals surface area contributed by atoms with Gasteiger partial charge in [-0.25, -0.2) is 0 Å². The third-order valence-corrected chi connectivity index (χ3v) is 2.98. The van der Waals surface area contributed by atoms with Gasteiger partial charge in [0.2, 0.25) is 0 Å². The molecule has 1 aliphatic rings. The monoisotopic (exact) mass is 234 g/mol. The molecule has 0 aromatic carbocycles. The molecule has 0 amide bonds. The van der Waals surface area contributed by atoms with E-state index < -0.39 is 10.1 Å². The molecule has 1 aliphatic heterocycles. The van der Waals surface area contributed by atoms with Gasteiger partial charge < -0.3 is 8.92 Å². The molecule has 0 bridgehead atoms. The Hall–Kier alpha value is -1.04. The van der Waals surface area contributed by atoms with Crippen LogP contribution in [0.3, 0.4) is 0 Å². The fraction of sp³-hybridized carbons (Fsp3) is 0.667. The summed E-state index contributed by atoms with van der Waals surface area (Å²) >= 11 is 0. The van der Waals surface area contributed by atoms with Crippen molar-refractivity contribution in [3.63, 3.8) is 0 Å². The van der Waals surface area contributed by atoms with Crippen LogP contribution in [0.15, 0.2) is 11.8 Å². The maximum Gasteiger partial charge on any atom is 0.312 e. The van der Waals surface area contributed by atoms with Crippen LogP contribution in [0.5, 0.6) is 0 Å². The van der Waals surface area contributed by atoms with Crippen molar-refractivity contribution < 1.29 is 22.1 Å². The molecule has 0 radical (unpaired) electrons. The van der Waals surface area contributed by atoms with Gasteiger partial charge in [-0.1, -0.05) is 13.8 Å². The van der Waals surface area contributed by atoms with Gasteiger partial charge in [-0.3, -0.25) is 4.79 Å². The Balaban J connectivity index is 2.26. The predicted octanol–water partition coefficient (Wildman–Crippen LogP) is 0.820. The van der Waals surface area contributed by atoms with E-state index in [0.717, 1.165) is 0 Å². The fourth-order valence-electron chi connectivity index (χ4n) is 1.02.